The highest BCUT2D eigenvalue weighted by molar-refractivity contribution is 6.35. The molecule has 0 saturated heterocycles. The summed E-state index contributed by atoms with van der Waals surface area (Å²) in [5.41, 5.74) is 7.42. The Bertz CT molecular complexity index is 646. The lowest BCUT2D eigenvalue weighted by atomic mass is 10.2. The van der Waals surface area contributed by atoms with Gasteiger partial charge >= 0.3 is 6.03 Å². The second kappa shape index (κ2) is 6.03. The molecule has 2 amide bonds. The van der Waals surface area contributed by atoms with E-state index < -0.39 is 0 Å². The van der Waals surface area contributed by atoms with E-state index in [0.29, 0.717) is 27.1 Å². The Morgan fingerprint density at radius 1 is 1.20 bits per heavy atom. The Balaban J connectivity index is 2.20. The molecule has 6 heteroatoms. The lowest BCUT2D eigenvalue weighted by molar-refractivity contribution is 0.258. The molecule has 0 aliphatic carbocycles. The van der Waals surface area contributed by atoms with Gasteiger partial charge in [0.1, 0.15) is 0 Å². The van der Waals surface area contributed by atoms with Gasteiger partial charge in [0.05, 0.1) is 22.1 Å². The third-order valence-electron chi connectivity index (χ3n) is 2.77. The zero-order valence-corrected chi connectivity index (χ0v) is 12.2. The van der Waals surface area contributed by atoms with Crippen molar-refractivity contribution in [1.29, 1.82) is 0 Å². The molecule has 2 rings (SSSR count). The van der Waals surface area contributed by atoms with E-state index >= 15 is 0 Å². The number of nitrogens with zero attached hydrogens (tertiary/aromatic N) is 1. The minimum Gasteiger partial charge on any atom is -0.397 e. The van der Waals surface area contributed by atoms with Gasteiger partial charge in [-0.3, -0.25) is 4.90 Å². The molecule has 0 aliphatic rings. The molecule has 2 aromatic carbocycles. The molecule has 0 radical (unpaired) electrons. The molecule has 2 aromatic rings. The first-order chi connectivity index (χ1) is 9.49. The predicted octanol–water partition coefficient (Wildman–Crippen LogP) is 4.24. The van der Waals surface area contributed by atoms with Crippen molar-refractivity contribution in [3.8, 4) is 0 Å². The number of para-hydroxylation sites is 2. The van der Waals surface area contributed by atoms with Crippen LogP contribution in [-0.2, 0) is 0 Å². The number of benzene rings is 2. The maximum Gasteiger partial charge on any atom is 0.326 e. The zero-order valence-electron chi connectivity index (χ0n) is 10.7. The summed E-state index contributed by atoms with van der Waals surface area (Å²) < 4.78 is 0. The SMILES string of the molecule is CN(C(=O)Nc1cc(Cl)ccc1Cl)c1ccccc1N. The number of nitrogens with two attached hydrogens (primary N) is 1. The van der Waals surface area contributed by atoms with Crippen LogP contribution >= 0.6 is 23.2 Å². The number of amides is 2. The van der Waals surface area contributed by atoms with E-state index in [4.69, 9.17) is 28.9 Å². The van der Waals surface area contributed by atoms with Gasteiger partial charge in [0.15, 0.2) is 0 Å². The summed E-state index contributed by atoms with van der Waals surface area (Å²) in [5.74, 6) is 0. The molecule has 104 valence electrons. The molecule has 0 saturated carbocycles. The smallest absolute Gasteiger partial charge is 0.326 e. The van der Waals surface area contributed by atoms with Crippen LogP contribution in [0, 0.1) is 0 Å². The third-order valence-corrected chi connectivity index (χ3v) is 3.34. The van der Waals surface area contributed by atoms with E-state index in [9.17, 15) is 4.79 Å². The van der Waals surface area contributed by atoms with Crippen molar-refractivity contribution in [2.24, 2.45) is 0 Å². The van der Waals surface area contributed by atoms with Crippen LogP contribution in [0.3, 0.4) is 0 Å². The number of carbonyl (C=O) groups is 1. The highest BCUT2D eigenvalue weighted by atomic mass is 35.5. The quantitative estimate of drug-likeness (QED) is 0.815. The zero-order chi connectivity index (χ0) is 14.7. The second-order valence-corrected chi connectivity index (χ2v) is 5.02. The van der Waals surface area contributed by atoms with E-state index in [2.05, 4.69) is 5.32 Å². The van der Waals surface area contributed by atoms with E-state index in [0.717, 1.165) is 0 Å². The highest BCUT2D eigenvalue weighted by Gasteiger charge is 2.14. The van der Waals surface area contributed by atoms with Crippen molar-refractivity contribution in [1.82, 2.24) is 0 Å². The first kappa shape index (κ1) is 14.5. The van der Waals surface area contributed by atoms with E-state index in [1.165, 1.54) is 4.90 Å². The van der Waals surface area contributed by atoms with Gasteiger partial charge in [0.25, 0.3) is 0 Å². The van der Waals surface area contributed by atoms with Gasteiger partial charge in [-0.2, -0.15) is 0 Å². The van der Waals surface area contributed by atoms with Gasteiger partial charge in [-0.25, -0.2) is 4.79 Å². The Morgan fingerprint density at radius 2 is 1.90 bits per heavy atom. The minimum absolute atomic E-state index is 0.355. The van der Waals surface area contributed by atoms with Crippen LogP contribution in [0.2, 0.25) is 10.0 Å². The molecule has 0 bridgehead atoms. The molecule has 0 aliphatic heterocycles. The largest absolute Gasteiger partial charge is 0.397 e. The van der Waals surface area contributed by atoms with Gasteiger partial charge < -0.3 is 11.1 Å². The maximum absolute atomic E-state index is 12.2. The lowest BCUT2D eigenvalue weighted by Gasteiger charge is -2.20. The molecule has 0 fully saturated rings. The van der Waals surface area contributed by atoms with E-state index in [-0.39, 0.29) is 6.03 Å². The van der Waals surface area contributed by atoms with Crippen LogP contribution in [0.5, 0.6) is 0 Å². The van der Waals surface area contributed by atoms with Gasteiger partial charge in [-0.05, 0) is 30.3 Å². The monoisotopic (exact) mass is 309 g/mol. The molecule has 3 N–H and O–H groups in total. The summed E-state index contributed by atoms with van der Waals surface area (Å²) in [6.45, 7) is 0. The third kappa shape index (κ3) is 3.15. The number of rotatable bonds is 2. The minimum atomic E-state index is -0.355. The van der Waals surface area contributed by atoms with Crippen molar-refractivity contribution in [3.63, 3.8) is 0 Å². The predicted molar refractivity (Wildman–Crippen MR) is 84.7 cm³/mol. The molecule has 0 aromatic heterocycles. The van der Waals surface area contributed by atoms with Gasteiger partial charge in [-0.1, -0.05) is 35.3 Å². The van der Waals surface area contributed by atoms with Gasteiger partial charge in [0.2, 0.25) is 0 Å². The number of anilines is 3. The Kier molecular flexibility index (Phi) is 4.37. The Labute approximate surface area is 127 Å². The van der Waals surface area contributed by atoms with Crippen LogP contribution in [0.25, 0.3) is 0 Å². The standard InChI is InChI=1S/C14H13Cl2N3O/c1-19(13-5-3-2-4-11(13)17)14(20)18-12-8-9(15)6-7-10(12)16/h2-8H,17H2,1H3,(H,18,20). The maximum atomic E-state index is 12.2. The number of nitrogen functional groups attached to an aromatic ring is 1. The van der Waals surface area contributed by atoms with Crippen molar-refractivity contribution in [3.05, 3.63) is 52.5 Å². The summed E-state index contributed by atoms with van der Waals surface area (Å²) in [6, 6.07) is 11.6. The van der Waals surface area contributed by atoms with E-state index in [1.807, 2.05) is 6.07 Å². The van der Waals surface area contributed by atoms with Crippen LogP contribution < -0.4 is 16.0 Å². The van der Waals surface area contributed by atoms with Crippen molar-refractivity contribution in [2.75, 3.05) is 23.0 Å². The summed E-state index contributed by atoms with van der Waals surface area (Å²) in [7, 11) is 1.62. The molecule has 4 nitrogen and oxygen atoms in total. The molecular weight excluding hydrogens is 297 g/mol. The highest BCUT2D eigenvalue weighted by Crippen LogP contribution is 2.27. The molecule has 0 unspecified atom stereocenters. The Morgan fingerprint density at radius 3 is 2.60 bits per heavy atom. The molecule has 20 heavy (non-hydrogen) atoms. The van der Waals surface area contributed by atoms with Crippen LogP contribution in [-0.4, -0.2) is 13.1 Å². The molecule has 0 spiro atoms. The molecular formula is C14H13Cl2N3O. The van der Waals surface area contributed by atoms with Crippen LogP contribution in [0.1, 0.15) is 0 Å². The normalized spacial score (nSPS) is 10.2. The summed E-state index contributed by atoms with van der Waals surface area (Å²) in [5, 5.41) is 3.60. The molecule has 0 atom stereocenters. The van der Waals surface area contributed by atoms with Crippen molar-refractivity contribution in [2.45, 2.75) is 0 Å². The second-order valence-electron chi connectivity index (χ2n) is 4.17. The first-order valence-corrected chi connectivity index (χ1v) is 6.59. The summed E-state index contributed by atoms with van der Waals surface area (Å²) in [4.78, 5) is 13.6. The van der Waals surface area contributed by atoms with E-state index in [1.54, 1.807) is 43.4 Å². The fraction of sp³-hybridized carbons (Fsp3) is 0.0714. The summed E-state index contributed by atoms with van der Waals surface area (Å²) in [6.07, 6.45) is 0. The molecule has 0 heterocycles. The Hall–Kier alpha value is -1.91. The summed E-state index contributed by atoms with van der Waals surface area (Å²) >= 11 is 11.9. The van der Waals surface area contributed by atoms with Crippen LogP contribution in [0.4, 0.5) is 21.9 Å². The number of hydrogen-bond acceptors (Lipinski definition) is 2. The lowest BCUT2D eigenvalue weighted by Crippen LogP contribution is -2.31. The van der Waals surface area contributed by atoms with Crippen LogP contribution in [0.15, 0.2) is 42.5 Å². The average Bonchev–Trinajstić information content (AvgIpc) is 2.42. The fourth-order valence-electron chi connectivity index (χ4n) is 1.69. The number of hydrogen-bond donors (Lipinski definition) is 2. The topological polar surface area (TPSA) is 58.4 Å². The van der Waals surface area contributed by atoms with Gasteiger partial charge in [0, 0.05) is 12.1 Å². The van der Waals surface area contributed by atoms with Crippen molar-refractivity contribution < 1.29 is 4.79 Å². The number of halogens is 2. The number of nitrogens with one attached hydrogen (secondary N) is 1. The fourth-order valence-corrected chi connectivity index (χ4v) is 2.03. The first-order valence-electron chi connectivity index (χ1n) is 5.83. The average molecular weight is 310 g/mol. The van der Waals surface area contributed by atoms with Crippen molar-refractivity contribution >= 4 is 46.3 Å². The van der Waals surface area contributed by atoms with Gasteiger partial charge in [-0.15, -0.1) is 0 Å². The number of carbonyl (C=O) groups excluding carboxylic acids is 1. The number of urea groups is 1.